The highest BCUT2D eigenvalue weighted by Gasteiger charge is 2.32. The average molecular weight is 261 g/mol. The second-order valence-corrected chi connectivity index (χ2v) is 4.70. The van der Waals surface area contributed by atoms with Gasteiger partial charge < -0.3 is 13.8 Å². The molecule has 19 heavy (non-hydrogen) atoms. The minimum absolute atomic E-state index is 0.0469. The lowest BCUT2D eigenvalue weighted by Crippen LogP contribution is -2.38. The Bertz CT molecular complexity index is 561. The van der Waals surface area contributed by atoms with Gasteiger partial charge in [0.05, 0.1) is 11.8 Å². The Labute approximate surface area is 110 Å². The Morgan fingerprint density at radius 2 is 2.37 bits per heavy atom. The summed E-state index contributed by atoms with van der Waals surface area (Å²) < 4.78 is 10.2. The molecule has 6 heteroatoms. The number of furan rings is 1. The first kappa shape index (κ1) is 12.0. The van der Waals surface area contributed by atoms with E-state index in [9.17, 15) is 4.79 Å². The van der Waals surface area contributed by atoms with Crippen LogP contribution in [0.2, 0.25) is 0 Å². The number of rotatable bonds is 2. The molecule has 0 radical (unpaired) electrons. The van der Waals surface area contributed by atoms with Gasteiger partial charge in [-0.2, -0.15) is 4.98 Å². The Morgan fingerprint density at radius 3 is 3.05 bits per heavy atom. The monoisotopic (exact) mass is 261 g/mol. The highest BCUT2D eigenvalue weighted by molar-refractivity contribution is 5.94. The second-order valence-electron chi connectivity index (χ2n) is 4.70. The first-order chi connectivity index (χ1) is 9.25. The second kappa shape index (κ2) is 4.87. The predicted octanol–water partition coefficient (Wildman–Crippen LogP) is 2.34. The topological polar surface area (TPSA) is 72.4 Å². The van der Waals surface area contributed by atoms with Gasteiger partial charge in [0.15, 0.2) is 5.82 Å². The summed E-state index contributed by atoms with van der Waals surface area (Å²) in [5.41, 5.74) is 0.558. The summed E-state index contributed by atoms with van der Waals surface area (Å²) in [6.45, 7) is 2.48. The first-order valence-electron chi connectivity index (χ1n) is 6.39. The molecule has 1 fully saturated rings. The fraction of sp³-hybridized carbons (Fsp3) is 0.462. The maximum Gasteiger partial charge on any atom is 0.257 e. The third-order valence-electron chi connectivity index (χ3n) is 3.36. The van der Waals surface area contributed by atoms with Crippen molar-refractivity contribution in [3.63, 3.8) is 0 Å². The van der Waals surface area contributed by atoms with Gasteiger partial charge in [0.1, 0.15) is 12.3 Å². The average Bonchev–Trinajstić information content (AvgIpc) is 3.09. The SMILES string of the molecule is Cc1noc(C2CCCCN2C(=O)c2ccoc2)n1. The Balaban J connectivity index is 1.87. The molecule has 0 bridgehead atoms. The molecular weight excluding hydrogens is 246 g/mol. The van der Waals surface area contributed by atoms with Crippen LogP contribution in [0.4, 0.5) is 0 Å². The van der Waals surface area contributed by atoms with E-state index in [-0.39, 0.29) is 11.9 Å². The van der Waals surface area contributed by atoms with Gasteiger partial charge >= 0.3 is 0 Å². The zero-order valence-electron chi connectivity index (χ0n) is 10.7. The molecule has 1 amide bonds. The fourth-order valence-electron chi connectivity index (χ4n) is 2.43. The molecule has 3 rings (SSSR count). The number of amides is 1. The van der Waals surface area contributed by atoms with Crippen molar-refractivity contribution < 1.29 is 13.7 Å². The smallest absolute Gasteiger partial charge is 0.257 e. The van der Waals surface area contributed by atoms with Crippen molar-refractivity contribution in [3.05, 3.63) is 35.9 Å². The fourth-order valence-corrected chi connectivity index (χ4v) is 2.43. The number of hydrogen-bond acceptors (Lipinski definition) is 5. The van der Waals surface area contributed by atoms with Gasteiger partial charge in [-0.15, -0.1) is 0 Å². The first-order valence-corrected chi connectivity index (χ1v) is 6.39. The molecule has 1 atom stereocenters. The van der Waals surface area contributed by atoms with Crippen molar-refractivity contribution in [2.75, 3.05) is 6.54 Å². The van der Waals surface area contributed by atoms with Crippen molar-refractivity contribution in [3.8, 4) is 0 Å². The lowest BCUT2D eigenvalue weighted by atomic mass is 10.0. The molecule has 0 aromatic carbocycles. The zero-order valence-corrected chi connectivity index (χ0v) is 10.7. The van der Waals surface area contributed by atoms with E-state index in [2.05, 4.69) is 10.1 Å². The molecule has 1 aliphatic heterocycles. The van der Waals surface area contributed by atoms with Crippen molar-refractivity contribution in [1.29, 1.82) is 0 Å². The van der Waals surface area contributed by atoms with Crippen molar-refractivity contribution in [2.45, 2.75) is 32.2 Å². The van der Waals surface area contributed by atoms with Crippen LogP contribution in [0.25, 0.3) is 0 Å². The zero-order chi connectivity index (χ0) is 13.2. The molecule has 1 aliphatic rings. The molecular formula is C13H15N3O3. The third kappa shape index (κ3) is 2.25. The number of hydrogen-bond donors (Lipinski definition) is 0. The van der Waals surface area contributed by atoms with Gasteiger partial charge in [0.25, 0.3) is 5.91 Å². The van der Waals surface area contributed by atoms with E-state index in [0.29, 0.717) is 23.8 Å². The Kier molecular flexibility index (Phi) is 3.06. The number of carbonyl (C=O) groups is 1. The van der Waals surface area contributed by atoms with E-state index in [4.69, 9.17) is 8.94 Å². The summed E-state index contributed by atoms with van der Waals surface area (Å²) in [6, 6.07) is 1.55. The summed E-state index contributed by atoms with van der Waals surface area (Å²) in [5, 5.41) is 3.81. The minimum Gasteiger partial charge on any atom is -0.472 e. The number of aryl methyl sites for hydroxylation is 1. The molecule has 100 valence electrons. The van der Waals surface area contributed by atoms with E-state index < -0.39 is 0 Å². The number of carbonyl (C=O) groups excluding carboxylic acids is 1. The summed E-state index contributed by atoms with van der Waals surface area (Å²) >= 11 is 0. The number of piperidine rings is 1. The number of aromatic nitrogens is 2. The summed E-state index contributed by atoms with van der Waals surface area (Å²) in [7, 11) is 0. The van der Waals surface area contributed by atoms with Crippen LogP contribution < -0.4 is 0 Å². The van der Waals surface area contributed by atoms with Gasteiger partial charge in [-0.1, -0.05) is 5.16 Å². The lowest BCUT2D eigenvalue weighted by Gasteiger charge is -2.33. The van der Waals surface area contributed by atoms with Crippen LogP contribution in [0.3, 0.4) is 0 Å². The summed E-state index contributed by atoms with van der Waals surface area (Å²) in [4.78, 5) is 18.5. The summed E-state index contributed by atoms with van der Waals surface area (Å²) in [6.07, 6.45) is 5.87. The third-order valence-corrected chi connectivity index (χ3v) is 3.36. The molecule has 1 unspecified atom stereocenters. The van der Waals surface area contributed by atoms with Crippen LogP contribution in [0, 0.1) is 6.92 Å². The highest BCUT2D eigenvalue weighted by Crippen LogP contribution is 2.31. The van der Waals surface area contributed by atoms with Crippen LogP contribution in [-0.2, 0) is 0 Å². The lowest BCUT2D eigenvalue weighted by molar-refractivity contribution is 0.0560. The Morgan fingerprint density at radius 1 is 1.47 bits per heavy atom. The van der Waals surface area contributed by atoms with Crippen molar-refractivity contribution in [2.24, 2.45) is 0 Å². The van der Waals surface area contributed by atoms with E-state index in [1.165, 1.54) is 12.5 Å². The molecule has 0 spiro atoms. The maximum atomic E-state index is 12.4. The van der Waals surface area contributed by atoms with Gasteiger partial charge in [0, 0.05) is 6.54 Å². The molecule has 0 saturated carbocycles. The van der Waals surface area contributed by atoms with Crippen LogP contribution in [0.15, 0.2) is 27.5 Å². The van der Waals surface area contributed by atoms with E-state index in [1.807, 2.05) is 0 Å². The molecule has 0 aliphatic carbocycles. The van der Waals surface area contributed by atoms with Gasteiger partial charge in [-0.3, -0.25) is 4.79 Å². The number of likely N-dealkylation sites (tertiary alicyclic amines) is 1. The molecule has 3 heterocycles. The van der Waals surface area contributed by atoms with E-state index >= 15 is 0 Å². The molecule has 0 N–H and O–H groups in total. The van der Waals surface area contributed by atoms with Crippen LogP contribution >= 0.6 is 0 Å². The highest BCUT2D eigenvalue weighted by atomic mass is 16.5. The van der Waals surface area contributed by atoms with Crippen LogP contribution in [0.1, 0.15) is 47.4 Å². The predicted molar refractivity (Wildman–Crippen MR) is 65.4 cm³/mol. The van der Waals surface area contributed by atoms with Crippen LogP contribution in [0.5, 0.6) is 0 Å². The largest absolute Gasteiger partial charge is 0.472 e. The minimum atomic E-state index is -0.127. The molecule has 6 nitrogen and oxygen atoms in total. The summed E-state index contributed by atoms with van der Waals surface area (Å²) in [5.74, 6) is 1.07. The molecule has 2 aromatic rings. The van der Waals surface area contributed by atoms with Gasteiger partial charge in [0.2, 0.25) is 5.89 Å². The number of nitrogens with zero attached hydrogens (tertiary/aromatic N) is 3. The van der Waals surface area contributed by atoms with E-state index in [1.54, 1.807) is 17.9 Å². The Hall–Kier alpha value is -2.11. The van der Waals surface area contributed by atoms with Crippen molar-refractivity contribution in [1.82, 2.24) is 15.0 Å². The van der Waals surface area contributed by atoms with Gasteiger partial charge in [-0.25, -0.2) is 0 Å². The molecule has 2 aromatic heterocycles. The standard InChI is InChI=1S/C13H15N3O3/c1-9-14-12(19-15-9)11-4-2-3-6-16(11)13(17)10-5-7-18-8-10/h5,7-8,11H,2-4,6H2,1H3. The van der Waals surface area contributed by atoms with E-state index in [0.717, 1.165) is 19.3 Å². The van der Waals surface area contributed by atoms with Crippen LogP contribution in [-0.4, -0.2) is 27.5 Å². The molecule has 1 saturated heterocycles. The van der Waals surface area contributed by atoms with Gasteiger partial charge in [-0.05, 0) is 32.3 Å². The maximum absolute atomic E-state index is 12.4. The quantitative estimate of drug-likeness (QED) is 0.829. The normalized spacial score (nSPS) is 19.6. The van der Waals surface area contributed by atoms with Crippen molar-refractivity contribution >= 4 is 5.91 Å².